The molecule has 8 rings (SSSR count). The van der Waals surface area contributed by atoms with Crippen LogP contribution in [-0.2, 0) is 31.9 Å². The summed E-state index contributed by atoms with van der Waals surface area (Å²) in [7, 11) is 0. The molecule has 4 nitrogen and oxygen atoms in total. The van der Waals surface area contributed by atoms with Crippen LogP contribution in [0.5, 0.6) is 0 Å². The van der Waals surface area contributed by atoms with Crippen molar-refractivity contribution in [3.05, 3.63) is 150 Å². The molecule has 1 saturated carbocycles. The van der Waals surface area contributed by atoms with E-state index in [9.17, 15) is 0 Å². The van der Waals surface area contributed by atoms with Crippen molar-refractivity contribution in [1.29, 1.82) is 0 Å². The number of nitrogens with zero attached hydrogens (tertiary/aromatic N) is 3. The molecule has 0 N–H and O–H groups in total. The Balaban J connectivity index is 0.000000192. The van der Waals surface area contributed by atoms with Crippen LogP contribution in [0.3, 0.4) is 0 Å². The van der Waals surface area contributed by atoms with Gasteiger partial charge in [-0.2, -0.15) is 0 Å². The molecule has 5 heteroatoms. The first-order chi connectivity index (χ1) is 24.8. The van der Waals surface area contributed by atoms with E-state index in [1.165, 1.54) is 60.8 Å². The Hall–Kier alpha value is -4.44. The minimum atomic E-state index is -0.212. The normalized spacial score (nSPS) is 13.5. The van der Waals surface area contributed by atoms with E-state index in [2.05, 4.69) is 117 Å². The number of aryl methyl sites for hydroxylation is 1. The zero-order valence-electron chi connectivity index (χ0n) is 30.9. The van der Waals surface area contributed by atoms with Gasteiger partial charge in [-0.05, 0) is 71.3 Å². The van der Waals surface area contributed by atoms with Gasteiger partial charge in [-0.25, -0.2) is 4.98 Å². The molecule has 0 saturated heterocycles. The van der Waals surface area contributed by atoms with E-state index in [-0.39, 0.29) is 25.5 Å². The van der Waals surface area contributed by atoms with Crippen molar-refractivity contribution in [2.45, 2.75) is 84.5 Å². The van der Waals surface area contributed by atoms with Gasteiger partial charge in [0.05, 0.1) is 16.8 Å². The third-order valence-electron chi connectivity index (χ3n) is 10.5. The fourth-order valence-electron chi connectivity index (χ4n) is 7.23. The number of fused-ring (bicyclic) bond motifs is 3. The van der Waals surface area contributed by atoms with Crippen LogP contribution in [0.25, 0.3) is 44.6 Å². The average molecular weight is 862 g/mol. The molecule has 1 aliphatic rings. The Morgan fingerprint density at radius 2 is 1.58 bits per heavy atom. The van der Waals surface area contributed by atoms with E-state index in [1.54, 1.807) is 0 Å². The van der Waals surface area contributed by atoms with Gasteiger partial charge < -0.3 is 14.4 Å². The van der Waals surface area contributed by atoms with Crippen LogP contribution in [0.15, 0.2) is 114 Å². The topological polar surface area (TPSA) is 51.8 Å². The van der Waals surface area contributed by atoms with Crippen LogP contribution in [0.2, 0.25) is 0 Å². The summed E-state index contributed by atoms with van der Waals surface area (Å²) in [4.78, 5) is 14.2. The van der Waals surface area contributed by atoms with Gasteiger partial charge in [0.25, 0.3) is 0 Å². The molecule has 4 aromatic heterocycles. The zero-order valence-corrected chi connectivity index (χ0v) is 33.3. The largest absolute Gasteiger partial charge is 0.499 e. The predicted molar refractivity (Wildman–Crippen MR) is 210 cm³/mol. The summed E-state index contributed by atoms with van der Waals surface area (Å²) in [5.74, 6) is 1.32. The standard InChI is InChI=1S/C28H25N2O.C19H22N.Ir/c1-18(2)19-14-15-29-23(17-19)20-10-11-24-22(16-20)27-25(31-24)12-13-26(30-27)28(3,4)21-8-6-5-7-9-21;1-15-14-20-19(17-10-6-3-7-11-17)13-18(15)12-16-8-4-2-5-9-16;/h5-9,11-18H,1-4H3;3,6-7,10,13-14,16H,2,4-5,8-9,12H2,1H3;/q2*-1;. The van der Waals surface area contributed by atoms with Gasteiger partial charge in [0.2, 0.25) is 0 Å². The summed E-state index contributed by atoms with van der Waals surface area (Å²) in [6.45, 7) is 11.0. The maximum absolute atomic E-state index is 6.06. The van der Waals surface area contributed by atoms with Crippen molar-refractivity contribution in [2.75, 3.05) is 0 Å². The SMILES string of the molecule is CC(C)c1ccnc(-c2[c-]cc3oc4ccc(C(C)(C)c5ccccc5)nc4c3c2)c1.Cc1cnc(-c2[c-]cccc2)cc1CC1CCCCC1.[Ir]. The second-order valence-corrected chi connectivity index (χ2v) is 14.9. The summed E-state index contributed by atoms with van der Waals surface area (Å²) in [5, 5.41) is 0.992. The number of furan rings is 1. The van der Waals surface area contributed by atoms with Gasteiger partial charge in [0.15, 0.2) is 0 Å². The van der Waals surface area contributed by atoms with E-state index >= 15 is 0 Å². The summed E-state index contributed by atoms with van der Waals surface area (Å²) in [5.41, 5.74) is 12.6. The maximum Gasteiger partial charge on any atom is 0.139 e. The summed E-state index contributed by atoms with van der Waals surface area (Å²) in [6, 6.07) is 39.8. The van der Waals surface area contributed by atoms with E-state index in [0.717, 1.165) is 56.2 Å². The maximum atomic E-state index is 6.06. The van der Waals surface area contributed by atoms with Crippen molar-refractivity contribution in [3.8, 4) is 22.5 Å². The van der Waals surface area contributed by atoms with E-state index in [1.807, 2.05) is 48.8 Å². The van der Waals surface area contributed by atoms with Crippen LogP contribution in [0.1, 0.15) is 93.7 Å². The molecule has 0 unspecified atom stereocenters. The van der Waals surface area contributed by atoms with Crippen molar-refractivity contribution in [3.63, 3.8) is 0 Å². The number of pyridine rings is 3. The molecule has 0 bridgehead atoms. The second kappa shape index (κ2) is 16.5. The molecule has 7 aromatic rings. The van der Waals surface area contributed by atoms with Crippen molar-refractivity contribution in [1.82, 2.24) is 15.0 Å². The smallest absolute Gasteiger partial charge is 0.139 e. The van der Waals surface area contributed by atoms with E-state index in [0.29, 0.717) is 5.92 Å². The Kier molecular flexibility index (Phi) is 11.8. The van der Waals surface area contributed by atoms with Gasteiger partial charge >= 0.3 is 0 Å². The zero-order chi connectivity index (χ0) is 35.4. The first-order valence-corrected chi connectivity index (χ1v) is 18.5. The molecule has 0 amide bonds. The number of hydrogen-bond acceptors (Lipinski definition) is 4. The monoisotopic (exact) mass is 862 g/mol. The molecular formula is C47H47IrN3O-2. The molecule has 1 radical (unpaired) electrons. The third kappa shape index (κ3) is 8.27. The molecule has 0 spiro atoms. The molecule has 267 valence electrons. The molecule has 1 aliphatic carbocycles. The van der Waals surface area contributed by atoms with Gasteiger partial charge in [0.1, 0.15) is 5.58 Å². The van der Waals surface area contributed by atoms with Crippen LogP contribution < -0.4 is 0 Å². The Morgan fingerprint density at radius 1 is 0.808 bits per heavy atom. The fraction of sp³-hybridized carbons (Fsp3) is 0.298. The minimum absolute atomic E-state index is 0. The summed E-state index contributed by atoms with van der Waals surface area (Å²) >= 11 is 0. The van der Waals surface area contributed by atoms with Gasteiger partial charge in [-0.3, -0.25) is 0 Å². The van der Waals surface area contributed by atoms with Gasteiger partial charge in [-0.1, -0.05) is 113 Å². The first-order valence-electron chi connectivity index (χ1n) is 18.5. The predicted octanol–water partition coefficient (Wildman–Crippen LogP) is 12.3. The number of hydrogen-bond donors (Lipinski definition) is 0. The summed E-state index contributed by atoms with van der Waals surface area (Å²) < 4.78 is 6.06. The molecule has 0 aliphatic heterocycles. The minimum Gasteiger partial charge on any atom is -0.499 e. The Morgan fingerprint density at radius 3 is 2.33 bits per heavy atom. The van der Waals surface area contributed by atoms with Gasteiger partial charge in [0, 0.05) is 37.9 Å². The molecule has 52 heavy (non-hydrogen) atoms. The fourth-order valence-corrected chi connectivity index (χ4v) is 7.23. The van der Waals surface area contributed by atoms with E-state index < -0.39 is 0 Å². The molecule has 4 heterocycles. The first kappa shape index (κ1) is 37.3. The summed E-state index contributed by atoms with van der Waals surface area (Å²) in [6.07, 6.45) is 12.2. The van der Waals surface area contributed by atoms with Crippen molar-refractivity contribution < 1.29 is 24.5 Å². The Labute approximate surface area is 322 Å². The van der Waals surface area contributed by atoms with Crippen LogP contribution in [0, 0.1) is 25.0 Å². The Bertz CT molecular complexity index is 2230. The van der Waals surface area contributed by atoms with E-state index in [4.69, 9.17) is 9.40 Å². The second-order valence-electron chi connectivity index (χ2n) is 14.9. The molecule has 3 aromatic carbocycles. The number of rotatable bonds is 7. The number of aromatic nitrogens is 3. The molecular weight excluding hydrogens is 815 g/mol. The molecule has 1 fully saturated rings. The van der Waals surface area contributed by atoms with Crippen LogP contribution in [0.4, 0.5) is 0 Å². The quantitative estimate of drug-likeness (QED) is 0.150. The van der Waals surface area contributed by atoms with Gasteiger partial charge in [-0.15, -0.1) is 59.7 Å². The van der Waals surface area contributed by atoms with Crippen LogP contribution >= 0.6 is 0 Å². The average Bonchev–Trinajstić information content (AvgIpc) is 3.54. The van der Waals surface area contributed by atoms with Crippen molar-refractivity contribution in [2.24, 2.45) is 5.92 Å². The third-order valence-corrected chi connectivity index (χ3v) is 10.5. The molecule has 0 atom stereocenters. The van der Waals surface area contributed by atoms with Crippen molar-refractivity contribution >= 4 is 22.1 Å². The number of benzene rings is 3. The van der Waals surface area contributed by atoms with Crippen LogP contribution in [-0.4, -0.2) is 15.0 Å².